The van der Waals surface area contributed by atoms with Crippen LogP contribution in [0.15, 0.2) is 206 Å². The van der Waals surface area contributed by atoms with E-state index in [0.29, 0.717) is 5.92 Å². The van der Waals surface area contributed by atoms with E-state index in [2.05, 4.69) is 211 Å². The molecule has 0 amide bonds. The van der Waals surface area contributed by atoms with Gasteiger partial charge in [0.2, 0.25) is 0 Å². The fourth-order valence-electron chi connectivity index (χ4n) is 8.33. The Kier molecular flexibility index (Phi) is 7.69. The fourth-order valence-corrected chi connectivity index (χ4v) is 8.33. The molecule has 9 aromatic carbocycles. The van der Waals surface area contributed by atoms with Crippen molar-refractivity contribution >= 4 is 60.2 Å². The van der Waals surface area contributed by atoms with Crippen LogP contribution in [0.3, 0.4) is 0 Å². The van der Waals surface area contributed by atoms with Gasteiger partial charge in [0, 0.05) is 23.0 Å². The largest absolute Gasteiger partial charge is 0.310 e. The van der Waals surface area contributed by atoms with Gasteiger partial charge in [0.15, 0.2) is 0 Å². The highest BCUT2D eigenvalue weighted by molar-refractivity contribution is 6.28. The maximum absolute atomic E-state index is 2.37. The highest BCUT2D eigenvalue weighted by atomic mass is 15.1. The first kappa shape index (κ1) is 31.1. The summed E-state index contributed by atoms with van der Waals surface area (Å²) in [6, 6.07) is 66.9. The zero-order valence-electron chi connectivity index (χ0n) is 29.4. The molecule has 0 bridgehead atoms. The SMILES string of the molecule is C1=CCC(c2ccc(N(c3ccc(-c4cccc(-c5cccc6c7ccccc7c7ccccc7c56)c4)cc3)c3ccc4ccccc4c3)cc2)C=C1. The third-order valence-electron chi connectivity index (χ3n) is 11.0. The molecule has 0 radical (unpaired) electrons. The first-order valence-corrected chi connectivity index (χ1v) is 18.5. The summed E-state index contributed by atoms with van der Waals surface area (Å²) in [5.74, 6) is 0.421. The molecule has 1 aliphatic rings. The van der Waals surface area contributed by atoms with Gasteiger partial charge in [0.05, 0.1) is 0 Å². The van der Waals surface area contributed by atoms with E-state index in [1.165, 1.54) is 70.9 Å². The van der Waals surface area contributed by atoms with E-state index in [-0.39, 0.29) is 0 Å². The molecule has 0 spiro atoms. The van der Waals surface area contributed by atoms with E-state index < -0.39 is 0 Å². The molecule has 0 saturated carbocycles. The molecule has 10 rings (SSSR count). The minimum absolute atomic E-state index is 0.421. The maximum atomic E-state index is 2.37. The van der Waals surface area contributed by atoms with Crippen LogP contribution < -0.4 is 4.90 Å². The maximum Gasteiger partial charge on any atom is 0.0468 e. The second-order valence-corrected chi connectivity index (χ2v) is 14.1. The molecule has 250 valence electrons. The van der Waals surface area contributed by atoms with E-state index >= 15 is 0 Å². The molecule has 9 aromatic rings. The van der Waals surface area contributed by atoms with Crippen LogP contribution in [-0.2, 0) is 0 Å². The van der Waals surface area contributed by atoms with Gasteiger partial charge in [-0.3, -0.25) is 0 Å². The van der Waals surface area contributed by atoms with Gasteiger partial charge in [-0.05, 0) is 120 Å². The average Bonchev–Trinajstić information content (AvgIpc) is 3.24. The van der Waals surface area contributed by atoms with Gasteiger partial charge in [-0.2, -0.15) is 0 Å². The second kappa shape index (κ2) is 13.1. The van der Waals surface area contributed by atoms with Gasteiger partial charge in [-0.1, -0.05) is 164 Å². The van der Waals surface area contributed by atoms with Gasteiger partial charge in [-0.25, -0.2) is 0 Å². The van der Waals surface area contributed by atoms with E-state index in [4.69, 9.17) is 0 Å². The smallest absolute Gasteiger partial charge is 0.0468 e. The van der Waals surface area contributed by atoms with Crippen LogP contribution in [0.5, 0.6) is 0 Å². The van der Waals surface area contributed by atoms with E-state index in [1.807, 2.05) is 0 Å². The Labute approximate surface area is 310 Å². The second-order valence-electron chi connectivity index (χ2n) is 14.1. The molecule has 1 unspecified atom stereocenters. The van der Waals surface area contributed by atoms with Crippen molar-refractivity contribution < 1.29 is 0 Å². The average molecular weight is 676 g/mol. The summed E-state index contributed by atoms with van der Waals surface area (Å²) in [5, 5.41) is 10.3. The summed E-state index contributed by atoms with van der Waals surface area (Å²) < 4.78 is 0. The number of allylic oxidation sites excluding steroid dienone is 4. The normalized spacial score (nSPS) is 14.0. The van der Waals surface area contributed by atoms with Crippen molar-refractivity contribution in [1.82, 2.24) is 0 Å². The Hall–Kier alpha value is -6.70. The van der Waals surface area contributed by atoms with Crippen LogP contribution in [0.2, 0.25) is 0 Å². The molecule has 0 N–H and O–H groups in total. The quantitative estimate of drug-likeness (QED) is 0.159. The Morgan fingerprint density at radius 2 is 0.981 bits per heavy atom. The molecule has 0 fully saturated rings. The Morgan fingerprint density at radius 3 is 1.70 bits per heavy atom. The van der Waals surface area contributed by atoms with Gasteiger partial charge in [0.1, 0.15) is 0 Å². The zero-order chi connectivity index (χ0) is 35.1. The number of fused-ring (bicyclic) bond motifs is 7. The monoisotopic (exact) mass is 675 g/mol. The van der Waals surface area contributed by atoms with Crippen LogP contribution in [0, 0.1) is 0 Å². The summed E-state index contributed by atoms with van der Waals surface area (Å²) in [4.78, 5) is 2.37. The van der Waals surface area contributed by atoms with Crippen molar-refractivity contribution in [3.8, 4) is 22.3 Å². The lowest BCUT2D eigenvalue weighted by molar-refractivity contribution is 0.854. The molecule has 1 nitrogen and oxygen atoms in total. The summed E-state index contributed by atoms with van der Waals surface area (Å²) >= 11 is 0. The molecule has 1 atom stereocenters. The Balaban J connectivity index is 1.05. The number of benzene rings is 9. The number of hydrogen-bond donors (Lipinski definition) is 0. The lowest BCUT2D eigenvalue weighted by Gasteiger charge is -2.27. The molecule has 0 heterocycles. The number of hydrogen-bond acceptors (Lipinski definition) is 1. The van der Waals surface area contributed by atoms with Crippen LogP contribution in [-0.4, -0.2) is 0 Å². The summed E-state index contributed by atoms with van der Waals surface area (Å²) in [6.45, 7) is 0. The molecule has 1 heteroatoms. The third kappa shape index (κ3) is 5.59. The van der Waals surface area contributed by atoms with Crippen molar-refractivity contribution in [3.63, 3.8) is 0 Å². The van der Waals surface area contributed by atoms with Crippen LogP contribution >= 0.6 is 0 Å². The lowest BCUT2D eigenvalue weighted by Crippen LogP contribution is -2.10. The van der Waals surface area contributed by atoms with E-state index in [1.54, 1.807) is 0 Å². The molecule has 1 aliphatic carbocycles. The lowest BCUT2D eigenvalue weighted by atomic mass is 9.89. The number of nitrogens with zero attached hydrogens (tertiary/aromatic N) is 1. The van der Waals surface area contributed by atoms with Crippen molar-refractivity contribution in [2.75, 3.05) is 4.90 Å². The summed E-state index contributed by atoms with van der Waals surface area (Å²) in [7, 11) is 0. The summed E-state index contributed by atoms with van der Waals surface area (Å²) in [6.07, 6.45) is 9.89. The molecular weight excluding hydrogens is 639 g/mol. The molecule has 0 saturated heterocycles. The topological polar surface area (TPSA) is 3.24 Å². The van der Waals surface area contributed by atoms with Crippen molar-refractivity contribution in [3.05, 3.63) is 212 Å². The minimum atomic E-state index is 0.421. The first-order chi connectivity index (χ1) is 26.3. The standard InChI is InChI=1S/C52H37N/c1-2-12-36(13-3-1)38-24-29-43(30-25-38)53(45-33-28-37-14-4-5-15-41(37)35-45)44-31-26-39(27-32-44)40-16-10-17-42(34-40)46-22-11-23-51-49-19-7-6-18-47(49)48-20-8-9-21-50(48)52(46)51/h1-12,14-36H,13H2. The van der Waals surface area contributed by atoms with Crippen molar-refractivity contribution in [1.29, 1.82) is 0 Å². The zero-order valence-corrected chi connectivity index (χ0v) is 29.4. The van der Waals surface area contributed by atoms with Crippen molar-refractivity contribution in [2.24, 2.45) is 0 Å². The van der Waals surface area contributed by atoms with Crippen molar-refractivity contribution in [2.45, 2.75) is 12.3 Å². The molecule has 53 heavy (non-hydrogen) atoms. The van der Waals surface area contributed by atoms with Crippen LogP contribution in [0.4, 0.5) is 17.1 Å². The van der Waals surface area contributed by atoms with E-state index in [0.717, 1.165) is 23.5 Å². The molecule has 0 aliphatic heterocycles. The predicted octanol–water partition coefficient (Wildman–Crippen LogP) is 14.7. The molecule has 0 aromatic heterocycles. The number of anilines is 3. The van der Waals surface area contributed by atoms with Gasteiger partial charge in [-0.15, -0.1) is 0 Å². The van der Waals surface area contributed by atoms with Gasteiger partial charge >= 0.3 is 0 Å². The molecular formula is C52H37N. The Bertz CT molecular complexity index is 2810. The fraction of sp³-hybridized carbons (Fsp3) is 0.0385. The predicted molar refractivity (Wildman–Crippen MR) is 228 cm³/mol. The van der Waals surface area contributed by atoms with E-state index in [9.17, 15) is 0 Å². The first-order valence-electron chi connectivity index (χ1n) is 18.5. The van der Waals surface area contributed by atoms with Crippen LogP contribution in [0.1, 0.15) is 17.9 Å². The Morgan fingerprint density at radius 1 is 0.396 bits per heavy atom. The highest BCUT2D eigenvalue weighted by Gasteiger charge is 2.17. The highest BCUT2D eigenvalue weighted by Crippen LogP contribution is 2.42. The third-order valence-corrected chi connectivity index (χ3v) is 11.0. The number of rotatable bonds is 6. The van der Waals surface area contributed by atoms with Crippen LogP contribution in [0.25, 0.3) is 65.3 Å². The summed E-state index contributed by atoms with van der Waals surface area (Å²) in [5.41, 5.74) is 9.63. The minimum Gasteiger partial charge on any atom is -0.310 e. The van der Waals surface area contributed by atoms with Gasteiger partial charge in [0.25, 0.3) is 0 Å². The van der Waals surface area contributed by atoms with Gasteiger partial charge < -0.3 is 4.90 Å².